The van der Waals surface area contributed by atoms with Crippen molar-refractivity contribution in [3.63, 3.8) is 0 Å². The van der Waals surface area contributed by atoms with E-state index in [4.69, 9.17) is 0 Å². The third kappa shape index (κ3) is 5.64. The van der Waals surface area contributed by atoms with E-state index in [-0.39, 0.29) is 23.7 Å². The predicted octanol–water partition coefficient (Wildman–Crippen LogP) is 2.42. The molecule has 24 heavy (non-hydrogen) atoms. The summed E-state index contributed by atoms with van der Waals surface area (Å²) in [4.78, 5) is 26.6. The van der Waals surface area contributed by atoms with E-state index >= 15 is 0 Å². The maximum absolute atomic E-state index is 12.4. The van der Waals surface area contributed by atoms with Crippen LogP contribution < -0.4 is 10.6 Å². The average Bonchev–Trinajstić information content (AvgIpc) is 2.54. The van der Waals surface area contributed by atoms with Crippen LogP contribution in [0.5, 0.6) is 0 Å². The number of carbonyl (C=O) groups excluding carboxylic acids is 2. The molecule has 132 valence electrons. The number of carbonyl (C=O) groups is 2. The van der Waals surface area contributed by atoms with Crippen molar-refractivity contribution in [2.45, 2.75) is 32.6 Å². The molecular weight excluding hydrogens is 302 g/mol. The van der Waals surface area contributed by atoms with E-state index < -0.39 is 0 Å². The maximum atomic E-state index is 12.4. The molecular formula is C19H29N3O2. The molecule has 0 radical (unpaired) electrons. The van der Waals surface area contributed by atoms with Crippen LogP contribution in [0.25, 0.3) is 0 Å². The SMILES string of the molecule is Cc1cccc(NC(=O)C2CCC(C(=O)NCCN(C)C)CC2)c1. The van der Waals surface area contributed by atoms with Crippen LogP contribution in [0.1, 0.15) is 31.2 Å². The van der Waals surface area contributed by atoms with Gasteiger partial charge in [0.25, 0.3) is 0 Å². The predicted molar refractivity (Wildman–Crippen MR) is 96.8 cm³/mol. The van der Waals surface area contributed by atoms with Gasteiger partial charge >= 0.3 is 0 Å². The molecule has 0 aliphatic heterocycles. The highest BCUT2D eigenvalue weighted by Crippen LogP contribution is 2.29. The minimum Gasteiger partial charge on any atom is -0.355 e. The highest BCUT2D eigenvalue weighted by Gasteiger charge is 2.29. The van der Waals surface area contributed by atoms with Gasteiger partial charge in [0.1, 0.15) is 0 Å². The summed E-state index contributed by atoms with van der Waals surface area (Å²) in [6.07, 6.45) is 3.15. The second kappa shape index (κ2) is 8.83. The van der Waals surface area contributed by atoms with Crippen molar-refractivity contribution < 1.29 is 9.59 Å². The highest BCUT2D eigenvalue weighted by atomic mass is 16.2. The van der Waals surface area contributed by atoms with E-state index in [1.54, 1.807) is 0 Å². The van der Waals surface area contributed by atoms with Gasteiger partial charge in [-0.3, -0.25) is 9.59 Å². The lowest BCUT2D eigenvalue weighted by Gasteiger charge is -2.27. The van der Waals surface area contributed by atoms with Crippen molar-refractivity contribution in [3.8, 4) is 0 Å². The normalized spacial score (nSPS) is 20.7. The monoisotopic (exact) mass is 331 g/mol. The number of aryl methyl sites for hydroxylation is 1. The zero-order valence-corrected chi connectivity index (χ0v) is 15.0. The van der Waals surface area contributed by atoms with Gasteiger partial charge in [0.15, 0.2) is 0 Å². The molecule has 0 spiro atoms. The fourth-order valence-corrected chi connectivity index (χ4v) is 3.13. The molecule has 1 aromatic carbocycles. The van der Waals surface area contributed by atoms with Gasteiger partial charge < -0.3 is 15.5 Å². The number of likely N-dealkylation sites (N-methyl/N-ethyl adjacent to an activating group) is 1. The molecule has 1 fully saturated rings. The van der Waals surface area contributed by atoms with Crippen LogP contribution in [0.4, 0.5) is 5.69 Å². The first-order valence-electron chi connectivity index (χ1n) is 8.75. The van der Waals surface area contributed by atoms with Crippen molar-refractivity contribution in [1.82, 2.24) is 10.2 Å². The molecule has 5 heteroatoms. The zero-order valence-electron chi connectivity index (χ0n) is 15.0. The number of rotatable bonds is 6. The summed E-state index contributed by atoms with van der Waals surface area (Å²) < 4.78 is 0. The number of nitrogens with one attached hydrogen (secondary N) is 2. The van der Waals surface area contributed by atoms with Gasteiger partial charge in [-0.15, -0.1) is 0 Å². The summed E-state index contributed by atoms with van der Waals surface area (Å²) in [7, 11) is 3.98. The molecule has 1 aliphatic carbocycles. The van der Waals surface area contributed by atoms with E-state index in [1.807, 2.05) is 50.2 Å². The number of anilines is 1. The summed E-state index contributed by atoms with van der Waals surface area (Å²) in [5.41, 5.74) is 1.98. The lowest BCUT2D eigenvalue weighted by molar-refractivity contribution is -0.128. The molecule has 0 unspecified atom stereocenters. The third-order valence-corrected chi connectivity index (χ3v) is 4.61. The highest BCUT2D eigenvalue weighted by molar-refractivity contribution is 5.92. The molecule has 2 amide bonds. The Hall–Kier alpha value is -1.88. The second-order valence-corrected chi connectivity index (χ2v) is 7.00. The molecule has 0 aromatic heterocycles. The van der Waals surface area contributed by atoms with Crippen LogP contribution in [0.3, 0.4) is 0 Å². The first-order valence-corrected chi connectivity index (χ1v) is 8.75. The molecule has 2 N–H and O–H groups in total. The van der Waals surface area contributed by atoms with E-state index in [2.05, 4.69) is 10.6 Å². The van der Waals surface area contributed by atoms with E-state index in [1.165, 1.54) is 0 Å². The molecule has 1 aromatic rings. The second-order valence-electron chi connectivity index (χ2n) is 7.00. The minimum absolute atomic E-state index is 0.0105. The van der Waals surface area contributed by atoms with Crippen molar-refractivity contribution in [2.75, 3.05) is 32.5 Å². The Morgan fingerprint density at radius 2 is 1.71 bits per heavy atom. The smallest absolute Gasteiger partial charge is 0.227 e. The summed E-state index contributed by atoms with van der Waals surface area (Å²) in [6.45, 7) is 3.54. The number of hydrogen-bond acceptors (Lipinski definition) is 3. The van der Waals surface area contributed by atoms with Gasteiger partial charge in [-0.25, -0.2) is 0 Å². The molecule has 5 nitrogen and oxygen atoms in total. The zero-order chi connectivity index (χ0) is 17.5. The van der Waals surface area contributed by atoms with Gasteiger partial charge in [0.05, 0.1) is 0 Å². The van der Waals surface area contributed by atoms with Crippen LogP contribution in [-0.2, 0) is 9.59 Å². The molecule has 0 heterocycles. The first-order chi connectivity index (χ1) is 11.5. The topological polar surface area (TPSA) is 61.4 Å². The Kier molecular flexibility index (Phi) is 6.79. The minimum atomic E-state index is 0.0105. The third-order valence-electron chi connectivity index (χ3n) is 4.61. The summed E-state index contributed by atoms with van der Waals surface area (Å²) in [5, 5.41) is 5.99. The van der Waals surface area contributed by atoms with E-state index in [9.17, 15) is 9.59 Å². The summed E-state index contributed by atoms with van der Waals surface area (Å²) >= 11 is 0. The average molecular weight is 331 g/mol. The van der Waals surface area contributed by atoms with E-state index in [0.29, 0.717) is 6.54 Å². The van der Waals surface area contributed by atoms with Crippen LogP contribution in [0, 0.1) is 18.8 Å². The van der Waals surface area contributed by atoms with Gasteiger partial charge in [-0.2, -0.15) is 0 Å². The summed E-state index contributed by atoms with van der Waals surface area (Å²) in [6, 6.07) is 7.84. The van der Waals surface area contributed by atoms with E-state index in [0.717, 1.165) is 43.5 Å². The van der Waals surface area contributed by atoms with Crippen LogP contribution in [0.2, 0.25) is 0 Å². The van der Waals surface area contributed by atoms with Crippen LogP contribution in [-0.4, -0.2) is 43.9 Å². The fourth-order valence-electron chi connectivity index (χ4n) is 3.13. The van der Waals surface area contributed by atoms with Gasteiger partial charge in [0.2, 0.25) is 11.8 Å². The number of benzene rings is 1. The Morgan fingerprint density at radius 3 is 2.29 bits per heavy atom. The largest absolute Gasteiger partial charge is 0.355 e. The maximum Gasteiger partial charge on any atom is 0.227 e. The quantitative estimate of drug-likeness (QED) is 0.841. The van der Waals surface area contributed by atoms with Crippen molar-refractivity contribution in [2.24, 2.45) is 11.8 Å². The molecule has 0 bridgehead atoms. The van der Waals surface area contributed by atoms with Gasteiger partial charge in [-0.05, 0) is 64.4 Å². The number of nitrogens with zero attached hydrogens (tertiary/aromatic N) is 1. The Morgan fingerprint density at radius 1 is 1.08 bits per heavy atom. The summed E-state index contributed by atoms with van der Waals surface area (Å²) in [5.74, 6) is 0.271. The number of amides is 2. The van der Waals surface area contributed by atoms with Crippen molar-refractivity contribution in [1.29, 1.82) is 0 Å². The lowest BCUT2D eigenvalue weighted by Crippen LogP contribution is -2.38. The standard InChI is InChI=1S/C19H29N3O2/c1-14-5-4-6-17(13-14)21-19(24)16-9-7-15(8-10-16)18(23)20-11-12-22(2)3/h4-6,13,15-16H,7-12H2,1-3H3,(H,20,23)(H,21,24). The molecule has 2 rings (SSSR count). The number of hydrogen-bond donors (Lipinski definition) is 2. The Balaban J connectivity index is 1.75. The fraction of sp³-hybridized carbons (Fsp3) is 0.579. The Bertz CT molecular complexity index is 563. The van der Waals surface area contributed by atoms with Gasteiger partial charge in [-0.1, -0.05) is 12.1 Å². The molecule has 0 saturated heterocycles. The Labute approximate surface area is 144 Å². The van der Waals surface area contributed by atoms with Crippen molar-refractivity contribution in [3.05, 3.63) is 29.8 Å². The lowest BCUT2D eigenvalue weighted by atomic mass is 9.81. The van der Waals surface area contributed by atoms with Crippen LogP contribution in [0.15, 0.2) is 24.3 Å². The van der Waals surface area contributed by atoms with Crippen LogP contribution >= 0.6 is 0 Å². The molecule has 0 atom stereocenters. The first kappa shape index (κ1) is 18.5. The van der Waals surface area contributed by atoms with Gasteiger partial charge in [0, 0.05) is 30.6 Å². The molecule has 1 aliphatic rings. The van der Waals surface area contributed by atoms with Crippen molar-refractivity contribution >= 4 is 17.5 Å². The molecule has 1 saturated carbocycles.